The lowest BCUT2D eigenvalue weighted by Gasteiger charge is -2.08. The van der Waals surface area contributed by atoms with Gasteiger partial charge in [0, 0.05) is 0 Å². The van der Waals surface area contributed by atoms with Crippen LogP contribution in [0, 0.1) is 5.95 Å². The van der Waals surface area contributed by atoms with E-state index in [-0.39, 0.29) is 6.29 Å². The van der Waals surface area contributed by atoms with Crippen molar-refractivity contribution in [3.05, 3.63) is 23.3 Å². The van der Waals surface area contributed by atoms with Gasteiger partial charge in [-0.05, 0) is 6.07 Å². The predicted molar refractivity (Wildman–Crippen MR) is 41.1 cm³/mol. The van der Waals surface area contributed by atoms with Gasteiger partial charge in [-0.15, -0.1) is 0 Å². The Bertz CT molecular complexity index is 355. The van der Waals surface area contributed by atoms with Crippen LogP contribution < -0.4 is 4.74 Å². The van der Waals surface area contributed by atoms with Gasteiger partial charge in [0.1, 0.15) is 5.69 Å². The number of aromatic nitrogens is 1. The van der Waals surface area contributed by atoms with Crippen LogP contribution in [0.25, 0.3) is 0 Å². The second-order valence-electron chi connectivity index (χ2n) is 2.38. The summed E-state index contributed by atoms with van der Waals surface area (Å²) in [5.41, 5.74) is -1.07. The van der Waals surface area contributed by atoms with Crippen LogP contribution >= 0.6 is 0 Å². The van der Waals surface area contributed by atoms with Crippen molar-refractivity contribution in [2.75, 3.05) is 7.11 Å². The Morgan fingerprint density at radius 1 is 1.57 bits per heavy atom. The van der Waals surface area contributed by atoms with Gasteiger partial charge in [-0.25, -0.2) is 13.8 Å². The number of pyridine rings is 1. The number of hydrogen-bond donors (Lipinski definition) is 0. The zero-order chi connectivity index (χ0) is 10.7. The van der Waals surface area contributed by atoms with Gasteiger partial charge >= 0.3 is 0 Å². The molecule has 0 amide bonds. The van der Waals surface area contributed by atoms with Crippen LogP contribution in [0.2, 0.25) is 0 Å². The van der Waals surface area contributed by atoms with Crippen LogP contribution in [0.15, 0.2) is 6.07 Å². The normalized spacial score (nSPS) is 10.4. The first-order valence-corrected chi connectivity index (χ1v) is 3.58. The molecular formula is C8H6F3NO2. The molecular weight excluding hydrogens is 199 g/mol. The molecule has 0 bridgehead atoms. The number of methoxy groups -OCH3 is 1. The van der Waals surface area contributed by atoms with Crippen LogP contribution in [-0.4, -0.2) is 18.4 Å². The van der Waals surface area contributed by atoms with E-state index in [9.17, 15) is 18.0 Å². The van der Waals surface area contributed by atoms with Gasteiger partial charge in [-0.1, -0.05) is 0 Å². The van der Waals surface area contributed by atoms with Gasteiger partial charge < -0.3 is 4.74 Å². The summed E-state index contributed by atoms with van der Waals surface area (Å²) in [5, 5.41) is 0. The summed E-state index contributed by atoms with van der Waals surface area (Å²) in [4.78, 5) is 13.3. The summed E-state index contributed by atoms with van der Waals surface area (Å²) in [6.07, 6.45) is -2.73. The number of halogens is 3. The van der Waals surface area contributed by atoms with Gasteiger partial charge in [0.2, 0.25) is 0 Å². The van der Waals surface area contributed by atoms with Gasteiger partial charge in [-0.2, -0.15) is 4.39 Å². The molecule has 14 heavy (non-hydrogen) atoms. The molecule has 1 aromatic rings. The molecule has 0 unspecified atom stereocenters. The zero-order valence-corrected chi connectivity index (χ0v) is 7.13. The highest BCUT2D eigenvalue weighted by Crippen LogP contribution is 2.30. The molecule has 1 rings (SSSR count). The molecule has 0 saturated heterocycles. The molecule has 0 aliphatic rings. The van der Waals surface area contributed by atoms with Crippen molar-refractivity contribution in [2.45, 2.75) is 6.43 Å². The van der Waals surface area contributed by atoms with Crippen molar-refractivity contribution >= 4 is 6.29 Å². The molecule has 0 spiro atoms. The Balaban J connectivity index is 3.35. The maximum atomic E-state index is 12.9. The van der Waals surface area contributed by atoms with E-state index in [1.54, 1.807) is 0 Å². The SMILES string of the molecule is COc1c(C(F)F)cc(C=O)nc1F. The standard InChI is InChI=1S/C8H6F3NO2/c1-14-6-5(7(9)10)2-4(3-13)12-8(6)11/h2-3,7H,1H3. The highest BCUT2D eigenvalue weighted by atomic mass is 19.3. The minimum absolute atomic E-state index is 0.189. The summed E-state index contributed by atoms with van der Waals surface area (Å²) >= 11 is 0. The van der Waals surface area contributed by atoms with Crippen molar-refractivity contribution in [3.8, 4) is 5.75 Å². The van der Waals surface area contributed by atoms with E-state index < -0.39 is 29.4 Å². The highest BCUT2D eigenvalue weighted by molar-refractivity contribution is 5.72. The van der Waals surface area contributed by atoms with Crippen molar-refractivity contribution in [1.82, 2.24) is 4.98 Å². The minimum Gasteiger partial charge on any atom is -0.492 e. The molecule has 0 saturated carbocycles. The second kappa shape index (κ2) is 4.08. The zero-order valence-electron chi connectivity index (χ0n) is 7.13. The lowest BCUT2D eigenvalue weighted by atomic mass is 10.2. The monoisotopic (exact) mass is 205 g/mol. The summed E-state index contributed by atoms with van der Waals surface area (Å²) in [5.74, 6) is -1.85. The topological polar surface area (TPSA) is 39.2 Å². The molecule has 1 heterocycles. The highest BCUT2D eigenvalue weighted by Gasteiger charge is 2.20. The first-order chi connectivity index (χ1) is 6.60. The molecule has 0 fully saturated rings. The van der Waals surface area contributed by atoms with E-state index in [1.807, 2.05) is 0 Å². The van der Waals surface area contributed by atoms with Crippen LogP contribution in [0.4, 0.5) is 13.2 Å². The van der Waals surface area contributed by atoms with Gasteiger partial charge in [0.25, 0.3) is 12.4 Å². The van der Waals surface area contributed by atoms with E-state index in [4.69, 9.17) is 0 Å². The number of nitrogens with zero attached hydrogens (tertiary/aromatic N) is 1. The van der Waals surface area contributed by atoms with E-state index in [2.05, 4.69) is 9.72 Å². The number of carbonyl (C=O) groups is 1. The quantitative estimate of drug-likeness (QED) is 0.559. The second-order valence-corrected chi connectivity index (χ2v) is 2.38. The Kier molecular flexibility index (Phi) is 3.06. The van der Waals surface area contributed by atoms with Gasteiger partial charge in [0.15, 0.2) is 12.0 Å². The Morgan fingerprint density at radius 2 is 2.21 bits per heavy atom. The smallest absolute Gasteiger partial charge is 0.267 e. The van der Waals surface area contributed by atoms with Crippen molar-refractivity contribution in [2.24, 2.45) is 0 Å². The number of hydrogen-bond acceptors (Lipinski definition) is 3. The molecule has 76 valence electrons. The van der Waals surface area contributed by atoms with E-state index in [0.717, 1.165) is 13.2 Å². The predicted octanol–water partition coefficient (Wildman–Crippen LogP) is 1.98. The largest absolute Gasteiger partial charge is 0.492 e. The summed E-state index contributed by atoms with van der Waals surface area (Å²) in [6, 6.07) is 0.791. The Labute approximate surface area is 77.5 Å². The maximum absolute atomic E-state index is 12.9. The number of ether oxygens (including phenoxy) is 1. The third-order valence-corrected chi connectivity index (χ3v) is 1.54. The van der Waals surface area contributed by atoms with E-state index >= 15 is 0 Å². The van der Waals surface area contributed by atoms with Crippen LogP contribution in [0.3, 0.4) is 0 Å². The molecule has 6 heteroatoms. The number of alkyl halides is 2. The summed E-state index contributed by atoms with van der Waals surface area (Å²) < 4.78 is 42.0. The number of rotatable bonds is 3. The Morgan fingerprint density at radius 3 is 2.64 bits per heavy atom. The summed E-state index contributed by atoms with van der Waals surface area (Å²) in [7, 11) is 1.05. The van der Waals surface area contributed by atoms with Crippen LogP contribution in [-0.2, 0) is 0 Å². The molecule has 0 aliphatic carbocycles. The van der Waals surface area contributed by atoms with Gasteiger partial charge in [0.05, 0.1) is 12.7 Å². The van der Waals surface area contributed by atoms with E-state index in [0.29, 0.717) is 0 Å². The fourth-order valence-electron chi connectivity index (χ4n) is 0.965. The average molecular weight is 205 g/mol. The van der Waals surface area contributed by atoms with Crippen molar-refractivity contribution < 1.29 is 22.7 Å². The molecule has 0 atom stereocenters. The fourth-order valence-corrected chi connectivity index (χ4v) is 0.965. The maximum Gasteiger partial charge on any atom is 0.267 e. The lowest BCUT2D eigenvalue weighted by Crippen LogP contribution is -2.01. The molecule has 0 radical (unpaired) electrons. The molecule has 0 aromatic carbocycles. The van der Waals surface area contributed by atoms with Crippen molar-refractivity contribution in [3.63, 3.8) is 0 Å². The number of aldehydes is 1. The minimum atomic E-state index is -2.92. The van der Waals surface area contributed by atoms with Crippen molar-refractivity contribution in [1.29, 1.82) is 0 Å². The molecule has 1 aromatic heterocycles. The fraction of sp³-hybridized carbons (Fsp3) is 0.250. The first kappa shape index (κ1) is 10.5. The molecule has 3 nitrogen and oxygen atoms in total. The molecule has 0 aliphatic heterocycles. The lowest BCUT2D eigenvalue weighted by molar-refractivity contribution is 0.111. The third kappa shape index (κ3) is 1.84. The third-order valence-electron chi connectivity index (χ3n) is 1.54. The molecule has 0 N–H and O–H groups in total. The van der Waals surface area contributed by atoms with Crippen LogP contribution in [0.1, 0.15) is 22.5 Å². The number of carbonyl (C=O) groups excluding carboxylic acids is 1. The first-order valence-electron chi connectivity index (χ1n) is 3.58. The van der Waals surface area contributed by atoms with Crippen LogP contribution in [0.5, 0.6) is 5.75 Å². The average Bonchev–Trinajstić information content (AvgIpc) is 2.16. The van der Waals surface area contributed by atoms with E-state index in [1.165, 1.54) is 0 Å². The summed E-state index contributed by atoms with van der Waals surface area (Å²) in [6.45, 7) is 0. The Hall–Kier alpha value is -1.59. The van der Waals surface area contributed by atoms with Gasteiger partial charge in [-0.3, -0.25) is 4.79 Å².